The highest BCUT2D eigenvalue weighted by molar-refractivity contribution is 7.90. The number of methoxy groups -OCH3 is 1. The van der Waals surface area contributed by atoms with Gasteiger partial charge < -0.3 is 9.29 Å². The van der Waals surface area contributed by atoms with Gasteiger partial charge in [0.05, 0.1) is 13.2 Å². The molecule has 1 aromatic rings. The minimum atomic E-state index is -1.26. The Bertz CT molecular complexity index is 460. The molecule has 0 spiro atoms. The molecule has 2 atom stereocenters. The fourth-order valence-corrected chi connectivity index (χ4v) is 2.52. The summed E-state index contributed by atoms with van der Waals surface area (Å²) in [4.78, 5) is 0. The van der Waals surface area contributed by atoms with Crippen molar-refractivity contribution < 1.29 is 13.7 Å². The van der Waals surface area contributed by atoms with Crippen molar-refractivity contribution in [1.29, 1.82) is 0 Å². The molecule has 0 fully saturated rings. The lowest BCUT2D eigenvalue weighted by Crippen LogP contribution is -2.41. The minimum absolute atomic E-state index is 0.307. The average molecular weight is 299 g/mol. The molecular weight excluding hydrogens is 277 g/mol. The number of nitrogens with one attached hydrogen (secondary N) is 1. The van der Waals surface area contributed by atoms with E-state index in [0.717, 1.165) is 0 Å². The predicted molar refractivity (Wildman–Crippen MR) is 81.5 cm³/mol. The van der Waals surface area contributed by atoms with E-state index >= 15 is 0 Å². The lowest BCUT2D eigenvalue weighted by molar-refractivity contribution is 0.401. The maximum atomic E-state index is 13.5. The van der Waals surface area contributed by atoms with Crippen LogP contribution in [0.25, 0.3) is 0 Å². The zero-order valence-corrected chi connectivity index (χ0v) is 13.2. The molecule has 0 saturated carbocycles. The van der Waals surface area contributed by atoms with Gasteiger partial charge in [-0.3, -0.25) is 0 Å². The maximum Gasteiger partial charge on any atom is 0.136 e. The standard InChI is InChI=1S/C15H22FNO2S/c1-6-7-13(17-20(18)15(2,3)4)12-10-11(16)8-9-14(12)19-5/h6,8-10,13,17H,1,7H2,2-5H3/t13-,20+/m1/s1. The van der Waals surface area contributed by atoms with Crippen molar-refractivity contribution in [2.24, 2.45) is 0 Å². The smallest absolute Gasteiger partial charge is 0.136 e. The number of rotatable bonds is 6. The van der Waals surface area contributed by atoms with Crippen molar-refractivity contribution in [3.8, 4) is 5.75 Å². The van der Waals surface area contributed by atoms with Crippen molar-refractivity contribution in [2.45, 2.75) is 38.0 Å². The fraction of sp³-hybridized carbons (Fsp3) is 0.467. The number of hydrogen-bond acceptors (Lipinski definition) is 3. The van der Waals surface area contributed by atoms with Gasteiger partial charge in [-0.25, -0.2) is 4.39 Å². The van der Waals surface area contributed by atoms with E-state index in [9.17, 15) is 8.94 Å². The number of ether oxygens (including phenoxy) is 1. The zero-order valence-electron chi connectivity index (χ0n) is 12.4. The summed E-state index contributed by atoms with van der Waals surface area (Å²) in [5, 5.41) is 0. The molecule has 112 valence electrons. The largest absolute Gasteiger partial charge is 0.598 e. The summed E-state index contributed by atoms with van der Waals surface area (Å²) in [6, 6.07) is 4.01. The Morgan fingerprint density at radius 1 is 1.50 bits per heavy atom. The van der Waals surface area contributed by atoms with Gasteiger partial charge in [0.2, 0.25) is 0 Å². The Morgan fingerprint density at radius 2 is 2.15 bits per heavy atom. The Kier molecular flexibility index (Phi) is 6.05. The average Bonchev–Trinajstić information content (AvgIpc) is 2.37. The molecule has 0 amide bonds. The van der Waals surface area contributed by atoms with Crippen LogP contribution >= 0.6 is 0 Å². The van der Waals surface area contributed by atoms with Gasteiger partial charge in [0.15, 0.2) is 0 Å². The van der Waals surface area contributed by atoms with Gasteiger partial charge in [0.25, 0.3) is 0 Å². The van der Waals surface area contributed by atoms with E-state index in [0.29, 0.717) is 17.7 Å². The van der Waals surface area contributed by atoms with Crippen LogP contribution < -0.4 is 9.46 Å². The van der Waals surface area contributed by atoms with E-state index in [1.807, 2.05) is 20.8 Å². The first-order valence-electron chi connectivity index (χ1n) is 6.42. The van der Waals surface area contributed by atoms with Gasteiger partial charge in [-0.15, -0.1) is 11.3 Å². The molecule has 0 aliphatic heterocycles. The molecule has 0 aliphatic carbocycles. The molecule has 0 bridgehead atoms. The van der Waals surface area contributed by atoms with Gasteiger partial charge in [0.1, 0.15) is 16.3 Å². The Morgan fingerprint density at radius 3 is 2.65 bits per heavy atom. The van der Waals surface area contributed by atoms with Gasteiger partial charge in [-0.05, 0) is 45.4 Å². The van der Waals surface area contributed by atoms with E-state index in [4.69, 9.17) is 4.74 Å². The van der Waals surface area contributed by atoms with Gasteiger partial charge in [-0.2, -0.15) is 0 Å². The summed E-state index contributed by atoms with van der Waals surface area (Å²) in [6.45, 7) is 9.34. The maximum absolute atomic E-state index is 13.5. The first kappa shape index (κ1) is 17.0. The van der Waals surface area contributed by atoms with Crippen LogP contribution in [0, 0.1) is 5.82 Å². The normalized spacial score (nSPS) is 14.7. The van der Waals surface area contributed by atoms with Crippen LogP contribution in [-0.2, 0) is 11.4 Å². The molecule has 0 heterocycles. The van der Waals surface area contributed by atoms with Gasteiger partial charge >= 0.3 is 0 Å². The fourth-order valence-electron chi connectivity index (χ4n) is 1.69. The topological polar surface area (TPSA) is 44.3 Å². The molecule has 5 heteroatoms. The van der Waals surface area contributed by atoms with Crippen LogP contribution in [0.5, 0.6) is 5.75 Å². The van der Waals surface area contributed by atoms with Crippen LogP contribution in [0.3, 0.4) is 0 Å². The molecule has 1 N–H and O–H groups in total. The summed E-state index contributed by atoms with van der Waals surface area (Å²) in [6.07, 6.45) is 2.24. The molecule has 0 aromatic heterocycles. The van der Waals surface area contributed by atoms with E-state index in [2.05, 4.69) is 11.3 Å². The summed E-state index contributed by atoms with van der Waals surface area (Å²) < 4.78 is 33.6. The van der Waals surface area contributed by atoms with E-state index < -0.39 is 16.1 Å². The molecule has 3 nitrogen and oxygen atoms in total. The second-order valence-corrected chi connectivity index (χ2v) is 7.46. The van der Waals surface area contributed by atoms with Crippen LogP contribution in [0.4, 0.5) is 4.39 Å². The van der Waals surface area contributed by atoms with Crippen LogP contribution in [-0.4, -0.2) is 16.4 Å². The van der Waals surface area contributed by atoms with Crippen LogP contribution in [0.1, 0.15) is 38.8 Å². The van der Waals surface area contributed by atoms with Crippen molar-refractivity contribution in [3.63, 3.8) is 0 Å². The lowest BCUT2D eigenvalue weighted by atomic mass is 10.0. The molecule has 0 saturated heterocycles. The van der Waals surface area contributed by atoms with Gasteiger partial charge in [0, 0.05) is 16.9 Å². The second-order valence-electron chi connectivity index (χ2n) is 5.46. The van der Waals surface area contributed by atoms with Crippen molar-refractivity contribution in [2.75, 3.05) is 7.11 Å². The first-order chi connectivity index (χ1) is 9.29. The van der Waals surface area contributed by atoms with E-state index in [1.165, 1.54) is 19.2 Å². The third-order valence-electron chi connectivity index (χ3n) is 2.78. The van der Waals surface area contributed by atoms with E-state index in [1.54, 1.807) is 12.1 Å². The predicted octanol–water partition coefficient (Wildman–Crippen LogP) is 3.50. The monoisotopic (exact) mass is 299 g/mol. The quantitative estimate of drug-likeness (QED) is 0.646. The Labute approximate surface area is 123 Å². The molecular formula is C15H22FNO2S. The Balaban J connectivity index is 3.07. The van der Waals surface area contributed by atoms with E-state index in [-0.39, 0.29) is 11.9 Å². The zero-order chi connectivity index (χ0) is 15.3. The molecule has 0 unspecified atom stereocenters. The highest BCUT2D eigenvalue weighted by atomic mass is 32.2. The van der Waals surface area contributed by atoms with Crippen molar-refractivity contribution in [3.05, 3.63) is 42.2 Å². The highest BCUT2D eigenvalue weighted by Crippen LogP contribution is 2.30. The summed E-state index contributed by atoms with van der Waals surface area (Å²) >= 11 is -1.26. The van der Waals surface area contributed by atoms with Crippen molar-refractivity contribution >= 4 is 11.4 Å². The first-order valence-corrected chi connectivity index (χ1v) is 7.57. The number of halogens is 1. The minimum Gasteiger partial charge on any atom is -0.598 e. The molecule has 1 aromatic carbocycles. The summed E-state index contributed by atoms with van der Waals surface area (Å²) in [5.41, 5.74) is 0.644. The number of benzene rings is 1. The van der Waals surface area contributed by atoms with Crippen LogP contribution in [0.2, 0.25) is 0 Å². The highest BCUT2D eigenvalue weighted by Gasteiger charge is 2.30. The Hall–Kier alpha value is -1.04. The molecule has 1 rings (SSSR count). The van der Waals surface area contributed by atoms with Crippen LogP contribution in [0.15, 0.2) is 30.9 Å². The lowest BCUT2D eigenvalue weighted by Gasteiger charge is -2.28. The van der Waals surface area contributed by atoms with Crippen molar-refractivity contribution in [1.82, 2.24) is 4.72 Å². The molecule has 0 aliphatic rings. The second kappa shape index (κ2) is 7.11. The molecule has 0 radical (unpaired) electrons. The third kappa shape index (κ3) is 4.51. The SMILES string of the molecule is C=CC[C@@H](N[S@@+]([O-])C(C)(C)C)c1cc(F)ccc1OC. The number of hydrogen-bond donors (Lipinski definition) is 1. The summed E-state index contributed by atoms with van der Waals surface area (Å²) in [7, 11) is 1.53. The summed E-state index contributed by atoms with van der Waals surface area (Å²) in [5.74, 6) is 0.217. The van der Waals surface area contributed by atoms with Gasteiger partial charge in [-0.1, -0.05) is 6.08 Å². The third-order valence-corrected chi connectivity index (χ3v) is 4.39. The molecule has 20 heavy (non-hydrogen) atoms.